The van der Waals surface area contributed by atoms with Crippen LogP contribution in [0.2, 0.25) is 10.0 Å². The maximum absolute atomic E-state index is 11.9. The molecule has 5 aromatic rings. The van der Waals surface area contributed by atoms with Gasteiger partial charge in [-0.25, -0.2) is 9.97 Å². The summed E-state index contributed by atoms with van der Waals surface area (Å²) in [5, 5.41) is 12.0. The fraction of sp³-hybridized carbons (Fsp3) is 0.333. The molecular formula is C39H41Cl2N7O3. The van der Waals surface area contributed by atoms with E-state index in [1.165, 1.54) is 0 Å². The molecule has 5 heterocycles. The second-order valence-electron chi connectivity index (χ2n) is 13.1. The van der Waals surface area contributed by atoms with Gasteiger partial charge in [0.15, 0.2) is 0 Å². The number of benzene rings is 2. The van der Waals surface area contributed by atoms with Crippen molar-refractivity contribution in [3.8, 4) is 39.5 Å². The largest absolute Gasteiger partial charge is 0.481 e. The summed E-state index contributed by atoms with van der Waals surface area (Å²) >= 11 is 14.3. The smallest absolute Gasteiger partial charge is 0.222 e. The number of ether oxygens (including phenoxy) is 1. The van der Waals surface area contributed by atoms with Gasteiger partial charge in [0.05, 0.1) is 28.5 Å². The number of carbonyl (C=O) groups is 2. The number of likely N-dealkylation sites (tertiary alicyclic amines) is 1. The SMILES string of the molecule is COc1nc(-c2cccc(-c3cccc(-c4ccc5c(CNCCN6CCCC6=O)cn(C)c5n4)c3Cl)c2Cl)ccc1CNC[C@@H]1CCC(=O)N1. The minimum Gasteiger partial charge on any atom is -0.481 e. The average Bonchev–Trinajstić information content (AvgIpc) is 3.84. The number of amides is 2. The number of hydrogen-bond acceptors (Lipinski definition) is 7. The van der Waals surface area contributed by atoms with Crippen LogP contribution in [0.4, 0.5) is 0 Å². The van der Waals surface area contributed by atoms with Gasteiger partial charge in [-0.15, -0.1) is 0 Å². The van der Waals surface area contributed by atoms with Crippen molar-refractivity contribution in [1.29, 1.82) is 0 Å². The molecule has 3 aromatic heterocycles. The summed E-state index contributed by atoms with van der Waals surface area (Å²) in [5.41, 5.74) is 7.53. The molecule has 2 fully saturated rings. The molecule has 0 unspecified atom stereocenters. The molecule has 2 saturated heterocycles. The summed E-state index contributed by atoms with van der Waals surface area (Å²) in [6, 6.07) is 19.9. The molecule has 1 atom stereocenters. The van der Waals surface area contributed by atoms with Crippen LogP contribution < -0.4 is 20.7 Å². The van der Waals surface area contributed by atoms with Gasteiger partial charge in [0.2, 0.25) is 17.7 Å². The zero-order valence-corrected chi connectivity index (χ0v) is 30.3. The first-order valence-corrected chi connectivity index (χ1v) is 18.1. The number of nitrogens with one attached hydrogen (secondary N) is 3. The Kier molecular flexibility index (Phi) is 10.6. The molecule has 3 N–H and O–H groups in total. The van der Waals surface area contributed by atoms with Crippen LogP contribution in [0.5, 0.6) is 5.88 Å². The predicted octanol–water partition coefficient (Wildman–Crippen LogP) is 6.36. The summed E-state index contributed by atoms with van der Waals surface area (Å²) in [6.45, 7) is 4.25. The molecule has 7 rings (SSSR count). The Morgan fingerprint density at radius 3 is 2.22 bits per heavy atom. The summed E-state index contributed by atoms with van der Waals surface area (Å²) in [4.78, 5) is 35.2. The van der Waals surface area contributed by atoms with Crippen molar-refractivity contribution in [2.24, 2.45) is 7.05 Å². The molecular weight excluding hydrogens is 685 g/mol. The summed E-state index contributed by atoms with van der Waals surface area (Å²) in [6.07, 6.45) is 5.13. The van der Waals surface area contributed by atoms with Crippen molar-refractivity contribution in [2.75, 3.05) is 33.3 Å². The van der Waals surface area contributed by atoms with E-state index in [2.05, 4.69) is 28.2 Å². The van der Waals surface area contributed by atoms with Crippen LogP contribution in [-0.4, -0.2) is 70.6 Å². The monoisotopic (exact) mass is 725 g/mol. The number of rotatable bonds is 13. The number of halogens is 2. The summed E-state index contributed by atoms with van der Waals surface area (Å²) in [5.74, 6) is 0.861. The van der Waals surface area contributed by atoms with Crippen molar-refractivity contribution in [3.05, 3.63) is 88.0 Å². The van der Waals surface area contributed by atoms with E-state index in [4.69, 9.17) is 37.9 Å². The molecule has 51 heavy (non-hydrogen) atoms. The maximum Gasteiger partial charge on any atom is 0.222 e. The molecule has 2 aromatic carbocycles. The van der Waals surface area contributed by atoms with E-state index in [1.807, 2.05) is 71.1 Å². The van der Waals surface area contributed by atoms with Gasteiger partial charge in [-0.3, -0.25) is 9.59 Å². The fourth-order valence-electron chi connectivity index (χ4n) is 7.02. The number of hydrogen-bond donors (Lipinski definition) is 3. The standard InChI is InChI=1S/C39H41Cl2N7O3/c1-47-23-25(21-42-17-19-48-18-5-10-35(48)50)27-13-15-32(45-38(27)47)30-8-3-6-28(36(30)40)29-7-4-9-31(37(29)41)33-14-11-24(39(46-33)51-2)20-43-22-26-12-16-34(49)44-26/h3-4,6-9,11,13-15,23,26,42-43H,5,10,12,16-22H2,1-2H3,(H,44,49)/t26-/m0/s1. The Morgan fingerprint density at radius 1 is 0.863 bits per heavy atom. The molecule has 0 bridgehead atoms. The van der Waals surface area contributed by atoms with Crippen molar-refractivity contribution in [2.45, 2.75) is 44.8 Å². The molecule has 264 valence electrons. The van der Waals surface area contributed by atoms with Gasteiger partial charge in [-0.1, -0.05) is 65.7 Å². The lowest BCUT2D eigenvalue weighted by Gasteiger charge is -2.16. The third-order valence-electron chi connectivity index (χ3n) is 9.71. The average molecular weight is 727 g/mol. The first-order valence-electron chi connectivity index (χ1n) is 17.4. The molecule has 0 saturated carbocycles. The zero-order chi connectivity index (χ0) is 35.5. The lowest BCUT2D eigenvalue weighted by atomic mass is 9.98. The maximum atomic E-state index is 11.9. The van der Waals surface area contributed by atoms with Gasteiger partial charge < -0.3 is 30.2 Å². The lowest BCUT2D eigenvalue weighted by Crippen LogP contribution is -2.35. The van der Waals surface area contributed by atoms with Crippen LogP contribution >= 0.6 is 23.2 Å². The van der Waals surface area contributed by atoms with Crippen molar-refractivity contribution < 1.29 is 14.3 Å². The van der Waals surface area contributed by atoms with E-state index in [0.29, 0.717) is 54.1 Å². The van der Waals surface area contributed by atoms with E-state index in [9.17, 15) is 9.59 Å². The van der Waals surface area contributed by atoms with Gasteiger partial charge >= 0.3 is 0 Å². The highest BCUT2D eigenvalue weighted by molar-refractivity contribution is 6.39. The van der Waals surface area contributed by atoms with Crippen LogP contribution in [0, 0.1) is 0 Å². The van der Waals surface area contributed by atoms with Crippen molar-refractivity contribution in [1.82, 2.24) is 35.4 Å². The molecule has 2 amide bonds. The van der Waals surface area contributed by atoms with Gasteiger partial charge in [0.1, 0.15) is 5.65 Å². The van der Waals surface area contributed by atoms with Crippen molar-refractivity contribution >= 4 is 46.0 Å². The van der Waals surface area contributed by atoms with Gasteiger partial charge in [0.25, 0.3) is 0 Å². The fourth-order valence-corrected chi connectivity index (χ4v) is 7.67. The van der Waals surface area contributed by atoms with Gasteiger partial charge in [0, 0.05) is 105 Å². The van der Waals surface area contributed by atoms with E-state index < -0.39 is 0 Å². The topological polar surface area (TPSA) is 113 Å². The number of fused-ring (bicyclic) bond motifs is 1. The molecule has 12 heteroatoms. The highest BCUT2D eigenvalue weighted by atomic mass is 35.5. The minimum atomic E-state index is 0.103. The Bertz CT molecular complexity index is 2100. The number of aryl methyl sites for hydroxylation is 1. The molecule has 0 spiro atoms. The van der Waals surface area contributed by atoms with Crippen LogP contribution in [-0.2, 0) is 29.7 Å². The molecule has 0 aliphatic carbocycles. The quantitative estimate of drug-likeness (QED) is 0.121. The molecule has 2 aliphatic heterocycles. The molecule has 0 radical (unpaired) electrons. The number of aromatic nitrogens is 3. The molecule has 10 nitrogen and oxygen atoms in total. The number of nitrogens with zero attached hydrogens (tertiary/aromatic N) is 4. The van der Waals surface area contributed by atoms with E-state index in [-0.39, 0.29) is 17.9 Å². The number of methoxy groups -OCH3 is 1. The molecule has 2 aliphatic rings. The minimum absolute atomic E-state index is 0.103. The van der Waals surface area contributed by atoms with Crippen LogP contribution in [0.25, 0.3) is 44.7 Å². The Hall–Kier alpha value is -4.48. The Morgan fingerprint density at radius 2 is 1.55 bits per heavy atom. The third kappa shape index (κ3) is 7.46. The summed E-state index contributed by atoms with van der Waals surface area (Å²) in [7, 11) is 3.60. The van der Waals surface area contributed by atoms with E-state index in [1.54, 1.807) is 7.11 Å². The van der Waals surface area contributed by atoms with Gasteiger partial charge in [-0.2, -0.15) is 0 Å². The van der Waals surface area contributed by atoms with Crippen LogP contribution in [0.15, 0.2) is 66.9 Å². The van der Waals surface area contributed by atoms with Crippen LogP contribution in [0.3, 0.4) is 0 Å². The Balaban J connectivity index is 1.09. The normalized spacial score (nSPS) is 16.0. The zero-order valence-electron chi connectivity index (χ0n) is 28.8. The van der Waals surface area contributed by atoms with Crippen LogP contribution in [0.1, 0.15) is 36.8 Å². The highest BCUT2D eigenvalue weighted by Gasteiger charge is 2.22. The first kappa shape index (κ1) is 34.9. The van der Waals surface area contributed by atoms with E-state index >= 15 is 0 Å². The predicted molar refractivity (Wildman–Crippen MR) is 202 cm³/mol. The van der Waals surface area contributed by atoms with E-state index in [0.717, 1.165) is 82.6 Å². The summed E-state index contributed by atoms with van der Waals surface area (Å²) < 4.78 is 7.70. The Labute approximate surface area is 307 Å². The second kappa shape index (κ2) is 15.4. The lowest BCUT2D eigenvalue weighted by molar-refractivity contribution is -0.127. The second-order valence-corrected chi connectivity index (χ2v) is 13.9. The first-order chi connectivity index (χ1) is 24.8. The number of carbonyl (C=O) groups excluding carboxylic acids is 2. The number of pyridine rings is 2. The van der Waals surface area contributed by atoms with Gasteiger partial charge in [-0.05, 0) is 36.6 Å². The third-order valence-corrected chi connectivity index (χ3v) is 10.5. The van der Waals surface area contributed by atoms with Crippen molar-refractivity contribution in [3.63, 3.8) is 0 Å². The highest BCUT2D eigenvalue weighted by Crippen LogP contribution is 2.42.